The molecule has 5 nitrogen and oxygen atoms in total. The van der Waals surface area contributed by atoms with E-state index in [1.54, 1.807) is 18.6 Å². The third kappa shape index (κ3) is 4.20. The Hall–Kier alpha value is -3.47. The molecule has 4 rings (SSSR count). The lowest BCUT2D eigenvalue weighted by Gasteiger charge is -2.12. The molecule has 0 bridgehead atoms. The Labute approximate surface area is 158 Å². The van der Waals surface area contributed by atoms with Crippen LogP contribution >= 0.6 is 0 Å². The van der Waals surface area contributed by atoms with Gasteiger partial charge in [0.1, 0.15) is 5.82 Å². The van der Waals surface area contributed by atoms with Gasteiger partial charge in [0.05, 0.1) is 18.2 Å². The standard InChI is InChI=1S/C22H21N5/c1-17-12-24-14-22(26-17)25-13-20-4-2-3-5-21(20)19-8-6-18(7-9-19)15-27-11-10-23-16-27/h2-12,14,16H,13,15H2,1H3,(H,25,26). The van der Waals surface area contributed by atoms with Crippen LogP contribution < -0.4 is 5.32 Å². The number of imidazole rings is 1. The predicted octanol–water partition coefficient (Wildman–Crippen LogP) is 4.31. The van der Waals surface area contributed by atoms with E-state index in [1.807, 2.05) is 19.4 Å². The smallest absolute Gasteiger partial charge is 0.145 e. The number of hydrogen-bond donors (Lipinski definition) is 1. The van der Waals surface area contributed by atoms with E-state index in [0.29, 0.717) is 6.54 Å². The van der Waals surface area contributed by atoms with E-state index in [-0.39, 0.29) is 0 Å². The number of benzene rings is 2. The number of aryl methyl sites for hydroxylation is 1. The largest absolute Gasteiger partial charge is 0.365 e. The SMILES string of the molecule is Cc1cncc(NCc2ccccc2-c2ccc(Cn3ccnc3)cc2)n1. The van der Waals surface area contributed by atoms with Crippen LogP contribution in [0.25, 0.3) is 11.1 Å². The fourth-order valence-corrected chi connectivity index (χ4v) is 3.07. The van der Waals surface area contributed by atoms with Gasteiger partial charge in [0.2, 0.25) is 0 Å². The highest BCUT2D eigenvalue weighted by atomic mass is 15.0. The summed E-state index contributed by atoms with van der Waals surface area (Å²) >= 11 is 0. The van der Waals surface area contributed by atoms with Gasteiger partial charge >= 0.3 is 0 Å². The van der Waals surface area contributed by atoms with E-state index in [1.165, 1.54) is 22.3 Å². The summed E-state index contributed by atoms with van der Waals surface area (Å²) in [5.74, 6) is 0.792. The molecule has 0 atom stereocenters. The molecule has 4 aromatic rings. The van der Waals surface area contributed by atoms with Crippen molar-refractivity contribution in [2.24, 2.45) is 0 Å². The molecule has 27 heavy (non-hydrogen) atoms. The molecule has 0 saturated heterocycles. The van der Waals surface area contributed by atoms with Gasteiger partial charge in [-0.3, -0.25) is 4.98 Å². The third-order valence-electron chi connectivity index (χ3n) is 4.42. The molecule has 0 spiro atoms. The second-order valence-electron chi connectivity index (χ2n) is 6.49. The van der Waals surface area contributed by atoms with Gasteiger partial charge in [-0.05, 0) is 29.2 Å². The number of anilines is 1. The molecule has 0 aliphatic rings. The van der Waals surface area contributed by atoms with Gasteiger partial charge in [-0.15, -0.1) is 0 Å². The van der Waals surface area contributed by atoms with Crippen molar-refractivity contribution in [3.8, 4) is 11.1 Å². The molecule has 0 amide bonds. The quantitative estimate of drug-likeness (QED) is 0.560. The van der Waals surface area contributed by atoms with Crippen LogP contribution in [0.3, 0.4) is 0 Å². The number of rotatable bonds is 6. The van der Waals surface area contributed by atoms with Crippen LogP contribution in [0.5, 0.6) is 0 Å². The molecular weight excluding hydrogens is 334 g/mol. The topological polar surface area (TPSA) is 55.6 Å². The van der Waals surface area contributed by atoms with Gasteiger partial charge in [0.15, 0.2) is 0 Å². The average molecular weight is 355 g/mol. The van der Waals surface area contributed by atoms with Crippen LogP contribution in [-0.4, -0.2) is 19.5 Å². The Morgan fingerprint density at radius 1 is 0.963 bits per heavy atom. The van der Waals surface area contributed by atoms with Crippen molar-refractivity contribution in [1.29, 1.82) is 0 Å². The van der Waals surface area contributed by atoms with Gasteiger partial charge in [0, 0.05) is 31.7 Å². The normalized spacial score (nSPS) is 10.7. The number of aromatic nitrogens is 4. The summed E-state index contributed by atoms with van der Waals surface area (Å²) in [6.45, 7) is 3.47. The Bertz CT molecular complexity index is 1010. The van der Waals surface area contributed by atoms with E-state index in [9.17, 15) is 0 Å². The minimum Gasteiger partial charge on any atom is -0.365 e. The molecule has 0 aliphatic heterocycles. The minimum atomic E-state index is 0.699. The number of hydrogen-bond acceptors (Lipinski definition) is 4. The summed E-state index contributed by atoms with van der Waals surface area (Å²) in [6, 6.07) is 17.1. The molecule has 5 heteroatoms. The first-order chi connectivity index (χ1) is 13.3. The molecule has 0 saturated carbocycles. The monoisotopic (exact) mass is 355 g/mol. The van der Waals surface area contributed by atoms with Crippen molar-refractivity contribution >= 4 is 5.82 Å². The first-order valence-electron chi connectivity index (χ1n) is 8.93. The van der Waals surface area contributed by atoms with Gasteiger partial charge in [-0.25, -0.2) is 9.97 Å². The zero-order valence-corrected chi connectivity index (χ0v) is 15.2. The highest BCUT2D eigenvalue weighted by molar-refractivity contribution is 5.68. The first kappa shape index (κ1) is 17.0. The predicted molar refractivity (Wildman–Crippen MR) is 107 cm³/mol. The highest BCUT2D eigenvalue weighted by Gasteiger charge is 2.06. The van der Waals surface area contributed by atoms with Crippen LogP contribution in [0.15, 0.2) is 79.6 Å². The Morgan fingerprint density at radius 3 is 2.59 bits per heavy atom. The van der Waals surface area contributed by atoms with Crippen molar-refractivity contribution in [1.82, 2.24) is 19.5 Å². The van der Waals surface area contributed by atoms with E-state index in [4.69, 9.17) is 0 Å². The summed E-state index contributed by atoms with van der Waals surface area (Å²) in [5, 5.41) is 3.37. The molecule has 0 radical (unpaired) electrons. The molecule has 2 aromatic heterocycles. The van der Waals surface area contributed by atoms with E-state index in [2.05, 4.69) is 73.4 Å². The fourth-order valence-electron chi connectivity index (χ4n) is 3.07. The van der Waals surface area contributed by atoms with Crippen LogP contribution in [0.4, 0.5) is 5.82 Å². The molecule has 2 aromatic carbocycles. The molecular formula is C22H21N5. The lowest BCUT2D eigenvalue weighted by molar-refractivity contribution is 0.797. The maximum absolute atomic E-state index is 4.46. The Kier molecular flexibility index (Phi) is 4.92. The maximum atomic E-state index is 4.46. The summed E-state index contributed by atoms with van der Waals surface area (Å²) in [6.07, 6.45) is 9.12. The van der Waals surface area contributed by atoms with Crippen molar-refractivity contribution < 1.29 is 0 Å². The van der Waals surface area contributed by atoms with E-state index < -0.39 is 0 Å². The van der Waals surface area contributed by atoms with Crippen LogP contribution in [0.1, 0.15) is 16.8 Å². The molecule has 0 aliphatic carbocycles. The van der Waals surface area contributed by atoms with Crippen LogP contribution in [0, 0.1) is 6.92 Å². The lowest BCUT2D eigenvalue weighted by Crippen LogP contribution is -2.04. The summed E-state index contributed by atoms with van der Waals surface area (Å²) in [5.41, 5.74) is 5.81. The maximum Gasteiger partial charge on any atom is 0.145 e. The molecule has 0 fully saturated rings. The second kappa shape index (κ2) is 7.83. The third-order valence-corrected chi connectivity index (χ3v) is 4.42. The van der Waals surface area contributed by atoms with Gasteiger partial charge in [-0.1, -0.05) is 48.5 Å². The Balaban J connectivity index is 1.51. The first-order valence-corrected chi connectivity index (χ1v) is 8.93. The Morgan fingerprint density at radius 2 is 1.81 bits per heavy atom. The molecule has 0 unspecified atom stereocenters. The fraction of sp³-hybridized carbons (Fsp3) is 0.136. The van der Waals surface area contributed by atoms with E-state index >= 15 is 0 Å². The van der Waals surface area contributed by atoms with E-state index in [0.717, 1.165) is 18.1 Å². The number of nitrogens with one attached hydrogen (secondary N) is 1. The second-order valence-corrected chi connectivity index (χ2v) is 6.49. The lowest BCUT2D eigenvalue weighted by atomic mass is 9.98. The summed E-state index contributed by atoms with van der Waals surface area (Å²) < 4.78 is 2.07. The summed E-state index contributed by atoms with van der Waals surface area (Å²) in [7, 11) is 0. The molecule has 1 N–H and O–H groups in total. The van der Waals surface area contributed by atoms with Crippen molar-refractivity contribution in [3.05, 3.63) is 96.5 Å². The van der Waals surface area contributed by atoms with Gasteiger partial charge in [-0.2, -0.15) is 0 Å². The van der Waals surface area contributed by atoms with Crippen molar-refractivity contribution in [3.63, 3.8) is 0 Å². The van der Waals surface area contributed by atoms with Crippen molar-refractivity contribution in [2.75, 3.05) is 5.32 Å². The number of nitrogens with zero attached hydrogens (tertiary/aromatic N) is 4. The minimum absolute atomic E-state index is 0.699. The van der Waals surface area contributed by atoms with Gasteiger partial charge in [0.25, 0.3) is 0 Å². The molecule has 134 valence electrons. The average Bonchev–Trinajstić information content (AvgIpc) is 3.20. The zero-order chi connectivity index (χ0) is 18.5. The summed E-state index contributed by atoms with van der Waals surface area (Å²) in [4.78, 5) is 12.7. The van der Waals surface area contributed by atoms with Crippen LogP contribution in [-0.2, 0) is 13.1 Å². The highest BCUT2D eigenvalue weighted by Crippen LogP contribution is 2.25. The van der Waals surface area contributed by atoms with Gasteiger partial charge < -0.3 is 9.88 Å². The van der Waals surface area contributed by atoms with Crippen molar-refractivity contribution in [2.45, 2.75) is 20.0 Å². The van der Waals surface area contributed by atoms with Crippen LogP contribution in [0.2, 0.25) is 0 Å². The molecule has 2 heterocycles. The zero-order valence-electron chi connectivity index (χ0n) is 15.2.